The molecule has 0 saturated heterocycles. The number of nitrogens with one attached hydrogen (secondary N) is 2. The fraction of sp³-hybridized carbons (Fsp3) is 0.438. The molecule has 0 bridgehead atoms. The first-order valence-electron chi connectivity index (χ1n) is 14.2. The molecule has 6 nitrogen and oxygen atoms in total. The number of fused-ring (bicyclic) bond motifs is 2. The first-order chi connectivity index (χ1) is 18.7. The van der Waals surface area contributed by atoms with Gasteiger partial charge in [0, 0.05) is 26.4 Å². The number of pyridine rings is 1. The third kappa shape index (κ3) is 6.49. The number of hydrogen-bond donors (Lipinski definition) is 2. The molecule has 1 unspecified atom stereocenters. The zero-order valence-electron chi connectivity index (χ0n) is 22.9. The second kappa shape index (κ2) is 13.1. The Labute approximate surface area is 226 Å². The second-order valence-electron chi connectivity index (χ2n) is 10.5. The van der Waals surface area contributed by atoms with E-state index in [-0.39, 0.29) is 6.04 Å². The molecule has 5 rings (SSSR count). The smallest absolute Gasteiger partial charge is 0.121 e. The van der Waals surface area contributed by atoms with Crippen LogP contribution in [0.25, 0.3) is 11.0 Å². The monoisotopic (exact) mass is 511 g/mol. The van der Waals surface area contributed by atoms with E-state index in [2.05, 4.69) is 70.7 Å². The molecule has 1 aliphatic carbocycles. The van der Waals surface area contributed by atoms with Crippen molar-refractivity contribution in [2.75, 3.05) is 13.7 Å². The summed E-state index contributed by atoms with van der Waals surface area (Å²) in [5.41, 5.74) is 8.57. The molecule has 0 radical (unpaired) electrons. The van der Waals surface area contributed by atoms with E-state index >= 15 is 0 Å². The summed E-state index contributed by atoms with van der Waals surface area (Å²) in [6.07, 6.45) is 9.08. The number of benzene rings is 2. The number of para-hydroxylation sites is 2. The summed E-state index contributed by atoms with van der Waals surface area (Å²) in [6.45, 7) is 6.37. The Morgan fingerprint density at radius 2 is 1.97 bits per heavy atom. The van der Waals surface area contributed by atoms with Crippen LogP contribution < -0.4 is 5.32 Å². The summed E-state index contributed by atoms with van der Waals surface area (Å²) in [7, 11) is 1.78. The Bertz CT molecular complexity index is 1280. The van der Waals surface area contributed by atoms with Crippen LogP contribution in [0.2, 0.25) is 0 Å². The van der Waals surface area contributed by atoms with Gasteiger partial charge in [0.25, 0.3) is 0 Å². The highest BCUT2D eigenvalue weighted by Gasteiger charge is 2.28. The molecule has 2 N–H and O–H groups in total. The summed E-state index contributed by atoms with van der Waals surface area (Å²) < 4.78 is 5.65. The summed E-state index contributed by atoms with van der Waals surface area (Å²) in [4.78, 5) is 15.9. The molecule has 2 aromatic heterocycles. The van der Waals surface area contributed by atoms with Gasteiger partial charge in [0.15, 0.2) is 0 Å². The minimum Gasteiger partial charge on any atom is -0.380 e. The highest BCUT2D eigenvalue weighted by Crippen LogP contribution is 2.35. The summed E-state index contributed by atoms with van der Waals surface area (Å²) in [5, 5.41) is 3.60. The van der Waals surface area contributed by atoms with Gasteiger partial charge in [-0.25, -0.2) is 4.98 Å². The van der Waals surface area contributed by atoms with Gasteiger partial charge in [-0.2, -0.15) is 0 Å². The zero-order valence-corrected chi connectivity index (χ0v) is 22.9. The average molecular weight is 512 g/mol. The first-order valence-corrected chi connectivity index (χ1v) is 14.2. The first kappa shape index (κ1) is 26.5. The Kier molecular flexibility index (Phi) is 9.18. The number of unbranched alkanes of at least 4 members (excludes halogenated alkanes) is 2. The second-order valence-corrected chi connectivity index (χ2v) is 10.5. The lowest BCUT2D eigenvalue weighted by molar-refractivity contribution is 0.149. The van der Waals surface area contributed by atoms with Gasteiger partial charge < -0.3 is 15.0 Å². The molecular formula is C32H41N5O. The molecule has 1 aliphatic rings. The number of ether oxygens (including phenoxy) is 1. The molecule has 1 atom stereocenters. The predicted octanol–water partition coefficient (Wildman–Crippen LogP) is 6.46. The van der Waals surface area contributed by atoms with Crippen LogP contribution in [0.4, 0.5) is 0 Å². The maximum absolute atomic E-state index is 5.65. The van der Waals surface area contributed by atoms with Crippen molar-refractivity contribution in [1.82, 2.24) is 25.2 Å². The number of aryl methyl sites for hydroxylation is 1. The molecule has 4 aromatic rings. The number of aromatic amines is 1. The van der Waals surface area contributed by atoms with Gasteiger partial charge in [0.2, 0.25) is 0 Å². The van der Waals surface area contributed by atoms with Crippen molar-refractivity contribution in [3.05, 3.63) is 94.6 Å². The Morgan fingerprint density at radius 1 is 1.05 bits per heavy atom. The standard InChI is InChI=1S/C32H41N5O/c1-3-4-7-17-33-20-24-15-16-26(27(19-24)23-38-2)21-37(22-31-35-28-12-5-6-13-29(28)36-31)30-14-8-10-25-11-9-18-34-32(25)30/h5-6,9,11-13,15-16,18-19,30,33H,3-4,7-8,10,14,17,20-23H2,1-2H3,(H,35,36). The third-order valence-electron chi connectivity index (χ3n) is 7.63. The summed E-state index contributed by atoms with van der Waals surface area (Å²) in [5.74, 6) is 0.996. The average Bonchev–Trinajstić information content (AvgIpc) is 3.36. The maximum atomic E-state index is 5.65. The molecule has 38 heavy (non-hydrogen) atoms. The largest absolute Gasteiger partial charge is 0.380 e. The Morgan fingerprint density at radius 3 is 2.84 bits per heavy atom. The Hall–Kier alpha value is -3.06. The van der Waals surface area contributed by atoms with Gasteiger partial charge in [-0.1, -0.05) is 56.2 Å². The number of H-pyrrole nitrogens is 1. The zero-order chi connectivity index (χ0) is 26.2. The van der Waals surface area contributed by atoms with Gasteiger partial charge in [-0.3, -0.25) is 9.88 Å². The van der Waals surface area contributed by atoms with Crippen LogP contribution in [0.15, 0.2) is 60.8 Å². The summed E-state index contributed by atoms with van der Waals surface area (Å²) >= 11 is 0. The van der Waals surface area contributed by atoms with Crippen molar-refractivity contribution in [2.45, 2.75) is 77.7 Å². The topological polar surface area (TPSA) is 66.1 Å². The lowest BCUT2D eigenvalue weighted by Gasteiger charge is -2.35. The van der Waals surface area contributed by atoms with Crippen LogP contribution in [0.3, 0.4) is 0 Å². The van der Waals surface area contributed by atoms with E-state index in [0.717, 1.165) is 55.9 Å². The molecule has 0 spiro atoms. The van der Waals surface area contributed by atoms with E-state index in [9.17, 15) is 0 Å². The molecule has 0 aliphatic heterocycles. The molecule has 200 valence electrons. The lowest BCUT2D eigenvalue weighted by Crippen LogP contribution is -2.32. The quantitative estimate of drug-likeness (QED) is 0.202. The minimum atomic E-state index is 0.253. The summed E-state index contributed by atoms with van der Waals surface area (Å²) in [6, 6.07) is 19.7. The van der Waals surface area contributed by atoms with E-state index in [1.807, 2.05) is 12.3 Å². The molecule has 0 amide bonds. The van der Waals surface area contributed by atoms with Crippen LogP contribution in [0, 0.1) is 0 Å². The van der Waals surface area contributed by atoms with Crippen molar-refractivity contribution >= 4 is 11.0 Å². The van der Waals surface area contributed by atoms with E-state index in [1.165, 1.54) is 53.6 Å². The molecule has 0 saturated carbocycles. The van der Waals surface area contributed by atoms with Gasteiger partial charge in [0.1, 0.15) is 5.82 Å². The van der Waals surface area contributed by atoms with E-state index in [0.29, 0.717) is 6.61 Å². The van der Waals surface area contributed by atoms with Crippen molar-refractivity contribution in [1.29, 1.82) is 0 Å². The lowest BCUT2D eigenvalue weighted by atomic mass is 9.90. The van der Waals surface area contributed by atoms with Gasteiger partial charge in [-0.05, 0) is 72.7 Å². The number of methoxy groups -OCH3 is 1. The van der Waals surface area contributed by atoms with Gasteiger partial charge in [0.05, 0.1) is 35.9 Å². The van der Waals surface area contributed by atoms with E-state index in [4.69, 9.17) is 14.7 Å². The Balaban J connectivity index is 1.41. The van der Waals surface area contributed by atoms with Crippen LogP contribution in [0.1, 0.15) is 78.8 Å². The van der Waals surface area contributed by atoms with Crippen molar-refractivity contribution < 1.29 is 4.74 Å². The van der Waals surface area contributed by atoms with E-state index in [1.54, 1.807) is 7.11 Å². The van der Waals surface area contributed by atoms with Crippen molar-refractivity contribution in [3.63, 3.8) is 0 Å². The number of rotatable bonds is 13. The highest BCUT2D eigenvalue weighted by molar-refractivity contribution is 5.74. The van der Waals surface area contributed by atoms with Crippen LogP contribution in [-0.4, -0.2) is 33.5 Å². The van der Waals surface area contributed by atoms with Crippen molar-refractivity contribution in [3.8, 4) is 0 Å². The predicted molar refractivity (Wildman–Crippen MR) is 154 cm³/mol. The fourth-order valence-corrected chi connectivity index (χ4v) is 5.67. The van der Waals surface area contributed by atoms with Crippen LogP contribution >= 0.6 is 0 Å². The number of hydrogen-bond acceptors (Lipinski definition) is 5. The molecule has 0 fully saturated rings. The normalized spacial score (nSPS) is 15.3. The van der Waals surface area contributed by atoms with Crippen molar-refractivity contribution in [2.24, 2.45) is 0 Å². The van der Waals surface area contributed by atoms with Crippen LogP contribution in [-0.2, 0) is 37.4 Å². The maximum Gasteiger partial charge on any atom is 0.121 e. The molecule has 6 heteroatoms. The van der Waals surface area contributed by atoms with E-state index < -0.39 is 0 Å². The molecule has 2 aromatic carbocycles. The fourth-order valence-electron chi connectivity index (χ4n) is 5.67. The molecule has 2 heterocycles. The molecular weight excluding hydrogens is 470 g/mol. The minimum absolute atomic E-state index is 0.253. The van der Waals surface area contributed by atoms with Gasteiger partial charge >= 0.3 is 0 Å². The third-order valence-corrected chi connectivity index (χ3v) is 7.63. The number of nitrogens with zero attached hydrogens (tertiary/aromatic N) is 3. The highest BCUT2D eigenvalue weighted by atomic mass is 16.5. The van der Waals surface area contributed by atoms with Gasteiger partial charge in [-0.15, -0.1) is 0 Å². The number of aromatic nitrogens is 3. The SMILES string of the molecule is CCCCCNCc1ccc(CN(Cc2nc3ccccc3[nH]2)C2CCCc3cccnc32)c(COC)c1. The van der Waals surface area contributed by atoms with Crippen LogP contribution in [0.5, 0.6) is 0 Å². The number of imidazole rings is 1.